The predicted octanol–water partition coefficient (Wildman–Crippen LogP) is 3.72. The first-order valence-corrected chi connectivity index (χ1v) is 12.7. The molecule has 1 aromatic carbocycles. The highest BCUT2D eigenvalue weighted by atomic mass is 79.9. The molecule has 11 heteroatoms. The summed E-state index contributed by atoms with van der Waals surface area (Å²) < 4.78 is 4.44. The Hall–Kier alpha value is -3.86. The molecule has 4 heterocycles. The van der Waals surface area contributed by atoms with Gasteiger partial charge < -0.3 is 15.2 Å². The SMILES string of the molecule is O=C(NCCn1ccnc1)[C@@H]1CC[C@@H](Nc2ncc3c(Br)nn(-c4ccc5ncccc5c4)c3n2)C1. The molecule has 182 valence electrons. The highest BCUT2D eigenvalue weighted by Crippen LogP contribution is 2.29. The number of hydrogen-bond donors (Lipinski definition) is 2. The Morgan fingerprint density at radius 2 is 2.11 bits per heavy atom. The van der Waals surface area contributed by atoms with Gasteiger partial charge in [-0.3, -0.25) is 9.78 Å². The average molecular weight is 546 g/mol. The molecule has 36 heavy (non-hydrogen) atoms. The maximum Gasteiger partial charge on any atom is 0.224 e. The van der Waals surface area contributed by atoms with Gasteiger partial charge in [-0.2, -0.15) is 10.1 Å². The van der Waals surface area contributed by atoms with Crippen molar-refractivity contribution in [3.05, 3.63) is 66.0 Å². The largest absolute Gasteiger partial charge is 0.354 e. The van der Waals surface area contributed by atoms with Crippen LogP contribution in [0.15, 0.2) is 66.0 Å². The van der Waals surface area contributed by atoms with Crippen LogP contribution < -0.4 is 10.6 Å². The van der Waals surface area contributed by atoms with Crippen LogP contribution in [0.5, 0.6) is 0 Å². The summed E-state index contributed by atoms with van der Waals surface area (Å²) in [6.45, 7) is 1.30. The lowest BCUT2D eigenvalue weighted by atomic mass is 10.1. The number of halogens is 1. The van der Waals surface area contributed by atoms with Crippen LogP contribution in [0.4, 0.5) is 5.95 Å². The Bertz CT molecular complexity index is 1530. The number of amides is 1. The molecule has 1 saturated carbocycles. The van der Waals surface area contributed by atoms with Crippen molar-refractivity contribution < 1.29 is 4.79 Å². The number of imidazole rings is 1. The molecule has 0 aliphatic heterocycles. The first-order valence-electron chi connectivity index (χ1n) is 11.9. The minimum atomic E-state index is -0.0140. The summed E-state index contributed by atoms with van der Waals surface area (Å²) in [7, 11) is 0. The third-order valence-electron chi connectivity index (χ3n) is 6.58. The Balaban J connectivity index is 1.15. The molecular formula is C25H24BrN9O. The highest BCUT2D eigenvalue weighted by molar-refractivity contribution is 9.10. The van der Waals surface area contributed by atoms with E-state index in [1.807, 2.05) is 45.8 Å². The van der Waals surface area contributed by atoms with Crippen molar-refractivity contribution in [3.8, 4) is 5.69 Å². The molecule has 5 aromatic rings. The van der Waals surface area contributed by atoms with Gasteiger partial charge in [0.15, 0.2) is 5.65 Å². The number of rotatable bonds is 7. The number of carbonyl (C=O) groups is 1. The number of nitrogens with one attached hydrogen (secondary N) is 2. The van der Waals surface area contributed by atoms with E-state index >= 15 is 0 Å². The number of anilines is 1. The van der Waals surface area contributed by atoms with Gasteiger partial charge in [0.05, 0.1) is 22.9 Å². The molecule has 2 atom stereocenters. The summed E-state index contributed by atoms with van der Waals surface area (Å²) in [6.07, 6.45) is 11.4. The minimum absolute atomic E-state index is 0.0140. The van der Waals surface area contributed by atoms with Crippen molar-refractivity contribution in [2.75, 3.05) is 11.9 Å². The Morgan fingerprint density at radius 3 is 3.00 bits per heavy atom. The summed E-state index contributed by atoms with van der Waals surface area (Å²) in [6, 6.07) is 10.1. The van der Waals surface area contributed by atoms with Gasteiger partial charge >= 0.3 is 0 Å². The molecule has 1 amide bonds. The van der Waals surface area contributed by atoms with E-state index in [0.717, 1.165) is 41.2 Å². The summed E-state index contributed by atoms with van der Waals surface area (Å²) in [5.41, 5.74) is 2.52. The monoisotopic (exact) mass is 545 g/mol. The van der Waals surface area contributed by atoms with Crippen molar-refractivity contribution in [3.63, 3.8) is 0 Å². The van der Waals surface area contributed by atoms with Crippen LogP contribution in [0.2, 0.25) is 0 Å². The van der Waals surface area contributed by atoms with Crippen molar-refractivity contribution in [2.45, 2.75) is 31.8 Å². The number of pyridine rings is 1. The van der Waals surface area contributed by atoms with Gasteiger partial charge in [-0.15, -0.1) is 0 Å². The van der Waals surface area contributed by atoms with E-state index in [1.165, 1.54) is 0 Å². The van der Waals surface area contributed by atoms with Gasteiger partial charge in [-0.1, -0.05) is 6.07 Å². The zero-order chi connectivity index (χ0) is 24.5. The Kier molecular flexibility index (Phi) is 6.06. The van der Waals surface area contributed by atoms with Gasteiger partial charge in [-0.05, 0) is 59.5 Å². The Labute approximate surface area is 215 Å². The molecule has 1 fully saturated rings. The summed E-state index contributed by atoms with van der Waals surface area (Å²) in [4.78, 5) is 30.3. The van der Waals surface area contributed by atoms with E-state index in [0.29, 0.717) is 29.3 Å². The second-order valence-corrected chi connectivity index (χ2v) is 9.71. The van der Waals surface area contributed by atoms with Crippen LogP contribution >= 0.6 is 15.9 Å². The van der Waals surface area contributed by atoms with Crippen LogP contribution in [0.1, 0.15) is 19.3 Å². The number of fused-ring (bicyclic) bond motifs is 2. The first kappa shape index (κ1) is 22.6. The second-order valence-electron chi connectivity index (χ2n) is 8.96. The van der Waals surface area contributed by atoms with Crippen LogP contribution in [-0.4, -0.2) is 52.8 Å². The zero-order valence-electron chi connectivity index (χ0n) is 19.4. The van der Waals surface area contributed by atoms with Crippen molar-refractivity contribution in [2.24, 2.45) is 5.92 Å². The van der Waals surface area contributed by atoms with Crippen LogP contribution in [0.3, 0.4) is 0 Å². The summed E-state index contributed by atoms with van der Waals surface area (Å²) >= 11 is 3.54. The molecule has 0 unspecified atom stereocenters. The van der Waals surface area contributed by atoms with E-state index in [9.17, 15) is 4.79 Å². The van der Waals surface area contributed by atoms with Crippen molar-refractivity contribution in [1.82, 2.24) is 39.6 Å². The fourth-order valence-electron chi connectivity index (χ4n) is 4.72. The number of benzene rings is 1. The Morgan fingerprint density at radius 1 is 1.17 bits per heavy atom. The molecular weight excluding hydrogens is 522 g/mol. The molecule has 6 rings (SSSR count). The van der Waals surface area contributed by atoms with Gasteiger partial charge in [0, 0.05) is 55.2 Å². The van der Waals surface area contributed by atoms with Crippen molar-refractivity contribution >= 4 is 49.7 Å². The van der Waals surface area contributed by atoms with Crippen LogP contribution in [0, 0.1) is 5.92 Å². The first-order chi connectivity index (χ1) is 17.6. The zero-order valence-corrected chi connectivity index (χ0v) is 21.0. The van der Waals surface area contributed by atoms with Gasteiger partial charge in [0.2, 0.25) is 11.9 Å². The fraction of sp³-hybridized carbons (Fsp3) is 0.280. The quantitative estimate of drug-likeness (QED) is 0.320. The minimum Gasteiger partial charge on any atom is -0.354 e. The van der Waals surface area contributed by atoms with Crippen molar-refractivity contribution in [1.29, 1.82) is 0 Å². The van der Waals surface area contributed by atoms with E-state index in [-0.39, 0.29) is 17.9 Å². The molecule has 10 nitrogen and oxygen atoms in total. The third-order valence-corrected chi connectivity index (χ3v) is 7.16. The molecule has 1 aliphatic rings. The van der Waals surface area contributed by atoms with E-state index in [1.54, 1.807) is 24.9 Å². The molecule has 4 aromatic heterocycles. The number of carbonyl (C=O) groups excluding carboxylic acids is 1. The molecule has 0 bridgehead atoms. The molecule has 0 radical (unpaired) electrons. The normalized spacial score (nSPS) is 17.6. The lowest BCUT2D eigenvalue weighted by Gasteiger charge is -2.14. The lowest BCUT2D eigenvalue weighted by molar-refractivity contribution is -0.124. The third kappa shape index (κ3) is 4.53. The molecule has 1 aliphatic carbocycles. The smallest absolute Gasteiger partial charge is 0.224 e. The molecule has 2 N–H and O–H groups in total. The maximum atomic E-state index is 12.6. The van der Waals surface area contributed by atoms with E-state index in [2.05, 4.69) is 46.6 Å². The lowest BCUT2D eigenvalue weighted by Crippen LogP contribution is -2.32. The topological polar surface area (TPSA) is 115 Å². The van der Waals surface area contributed by atoms with E-state index < -0.39 is 0 Å². The molecule has 0 spiro atoms. The van der Waals surface area contributed by atoms with Gasteiger partial charge in [0.1, 0.15) is 4.60 Å². The van der Waals surface area contributed by atoms with E-state index in [4.69, 9.17) is 4.98 Å². The standard InChI is InChI=1S/C25H24BrN9O/c26-22-20-14-30-25(31-18-4-3-17(12-18)24(36)29-9-11-34-10-8-27-15-34)32-23(20)35(33-22)19-5-6-21-16(13-19)2-1-7-28-21/h1-2,5-8,10,13-15,17-18H,3-4,9,11-12H2,(H,29,36)(H,30,31,32)/t17-,18-/m1/s1. The summed E-state index contributed by atoms with van der Waals surface area (Å²) in [5, 5.41) is 13.0. The van der Waals surface area contributed by atoms with Crippen LogP contribution in [-0.2, 0) is 11.3 Å². The van der Waals surface area contributed by atoms with Gasteiger partial charge in [0.25, 0.3) is 0 Å². The van der Waals surface area contributed by atoms with Gasteiger partial charge in [-0.25, -0.2) is 14.6 Å². The number of aromatic nitrogens is 7. The van der Waals surface area contributed by atoms with Crippen LogP contribution in [0.25, 0.3) is 27.6 Å². The molecule has 0 saturated heterocycles. The average Bonchev–Trinajstić information content (AvgIpc) is 3.65. The number of hydrogen-bond acceptors (Lipinski definition) is 7. The maximum absolute atomic E-state index is 12.6. The second kappa shape index (κ2) is 9.65. The fourth-order valence-corrected chi connectivity index (χ4v) is 5.16. The number of nitrogens with zero attached hydrogens (tertiary/aromatic N) is 7. The predicted molar refractivity (Wildman–Crippen MR) is 140 cm³/mol. The highest BCUT2D eigenvalue weighted by Gasteiger charge is 2.30. The summed E-state index contributed by atoms with van der Waals surface area (Å²) in [5.74, 6) is 0.619.